The monoisotopic (exact) mass is 561 g/mol. The minimum Gasteiger partial charge on any atom is -0.480 e. The maximum absolute atomic E-state index is 11.7. The molecule has 1 aliphatic heterocycles. The van der Waals surface area contributed by atoms with Crippen molar-refractivity contribution in [3.8, 4) is 0 Å². The zero-order chi connectivity index (χ0) is 25.4. The van der Waals surface area contributed by atoms with E-state index in [0.29, 0.717) is 24.4 Å². The Balaban J connectivity index is 1.61. The Kier molecular flexibility index (Phi) is 6.97. The zero-order valence-corrected chi connectivity index (χ0v) is 22.1. The Labute approximate surface area is 221 Å². The molecule has 2 N–H and O–H groups in total. The number of anilines is 1. The molecule has 0 saturated carbocycles. The molecule has 186 valence electrons. The summed E-state index contributed by atoms with van der Waals surface area (Å²) in [7, 11) is -4.02. The summed E-state index contributed by atoms with van der Waals surface area (Å²) in [5, 5.41) is 14.0. The van der Waals surface area contributed by atoms with Crippen LogP contribution < -0.4 is 9.47 Å². The van der Waals surface area contributed by atoms with Crippen LogP contribution in [0.4, 0.5) is 5.69 Å². The maximum Gasteiger partial charge on any atom is 0.323 e. The van der Waals surface area contributed by atoms with Crippen LogP contribution >= 0.6 is 34.7 Å². The molecule has 11 heteroatoms. The highest BCUT2D eigenvalue weighted by atomic mass is 35.5. The largest absolute Gasteiger partial charge is 0.480 e. The number of hydrogen-bond donors (Lipinski definition) is 2. The van der Waals surface area contributed by atoms with Gasteiger partial charge in [0.05, 0.1) is 27.9 Å². The van der Waals surface area contributed by atoms with Gasteiger partial charge in [-0.15, -0.1) is 0 Å². The second kappa shape index (κ2) is 10.0. The highest BCUT2D eigenvalue weighted by Gasteiger charge is 2.30. The third-order valence-corrected chi connectivity index (χ3v) is 9.13. The minimum atomic E-state index is -4.02. The number of carboxylic acids is 1. The summed E-state index contributed by atoms with van der Waals surface area (Å²) in [6, 6.07) is 17.7. The number of rotatable bonds is 8. The van der Waals surface area contributed by atoms with Crippen molar-refractivity contribution < 1.29 is 27.4 Å². The van der Waals surface area contributed by atoms with Gasteiger partial charge in [0, 0.05) is 16.3 Å². The van der Waals surface area contributed by atoms with Crippen LogP contribution in [-0.4, -0.2) is 36.3 Å². The molecule has 0 fully saturated rings. The van der Waals surface area contributed by atoms with E-state index in [1.807, 2.05) is 24.3 Å². The van der Waals surface area contributed by atoms with Crippen LogP contribution in [0.2, 0.25) is 5.02 Å². The van der Waals surface area contributed by atoms with Crippen molar-refractivity contribution in [3.63, 3.8) is 0 Å². The van der Waals surface area contributed by atoms with Crippen molar-refractivity contribution in [3.05, 3.63) is 69.7 Å². The number of thioether (sulfide) groups is 1. The van der Waals surface area contributed by atoms with Gasteiger partial charge in [-0.3, -0.25) is 9.35 Å². The number of halogens is 1. The standard InChI is InChI=1S/C25H21ClN2O5S3/c26-17-8-10-20-19(13-17)28(15-24(29)30)23(34-20)14-22-27(11-3-4-12-36(31,32)33)25-18-6-2-1-5-16(18)7-9-21(25)35-22/h1-2,5-10,13-14H,3-4,11-12,15H2,(H-,29,30,31,32,33)/p+1. The number of thiazole rings is 1. The molecule has 0 bridgehead atoms. The molecule has 0 saturated heterocycles. The predicted octanol–water partition coefficient (Wildman–Crippen LogP) is 5.66. The van der Waals surface area contributed by atoms with Gasteiger partial charge in [0.1, 0.15) is 11.2 Å². The Hall–Kier alpha value is -2.63. The Morgan fingerprint density at radius 1 is 1.11 bits per heavy atom. The number of carbonyl (C=O) groups is 1. The van der Waals surface area contributed by atoms with Crippen LogP contribution in [0.5, 0.6) is 0 Å². The molecule has 0 unspecified atom stereocenters. The summed E-state index contributed by atoms with van der Waals surface area (Å²) in [5.41, 5.74) is 1.80. The van der Waals surface area contributed by atoms with E-state index in [1.165, 1.54) is 11.8 Å². The SMILES string of the molecule is O=C(O)CN1C(=Cc2sc3ccc4ccccc4c3[n+]2CCCCS(=O)(=O)O)Sc2ccc(Cl)cc21. The van der Waals surface area contributed by atoms with Crippen molar-refractivity contribution in [1.29, 1.82) is 0 Å². The average Bonchev–Trinajstić information content (AvgIpc) is 3.33. The molecule has 0 aliphatic carbocycles. The molecule has 0 spiro atoms. The molecule has 1 aliphatic rings. The van der Waals surface area contributed by atoms with E-state index in [-0.39, 0.29) is 12.3 Å². The van der Waals surface area contributed by atoms with Crippen LogP contribution in [0.25, 0.3) is 27.1 Å². The van der Waals surface area contributed by atoms with Gasteiger partial charge in [0.25, 0.3) is 15.1 Å². The molecule has 7 nitrogen and oxygen atoms in total. The van der Waals surface area contributed by atoms with Crippen LogP contribution in [0, 0.1) is 0 Å². The lowest BCUT2D eigenvalue weighted by molar-refractivity contribution is -0.668. The number of aliphatic carboxylic acids is 1. The molecule has 5 rings (SSSR count). The Morgan fingerprint density at radius 3 is 2.69 bits per heavy atom. The van der Waals surface area contributed by atoms with Crippen LogP contribution in [0.15, 0.2) is 64.5 Å². The topological polar surface area (TPSA) is 98.8 Å². The number of aromatic nitrogens is 1. The van der Waals surface area contributed by atoms with Gasteiger partial charge < -0.3 is 10.0 Å². The summed E-state index contributed by atoms with van der Waals surface area (Å²) in [6.07, 6.45) is 2.87. The van der Waals surface area contributed by atoms with Crippen molar-refractivity contribution in [2.75, 3.05) is 17.2 Å². The molecule has 0 amide bonds. The van der Waals surface area contributed by atoms with Gasteiger partial charge in [0.15, 0.2) is 6.54 Å². The second-order valence-corrected chi connectivity index (χ2v) is 12.5. The Bertz CT molecular complexity index is 1630. The van der Waals surface area contributed by atoms with Crippen LogP contribution in [0.1, 0.15) is 17.8 Å². The number of benzene rings is 3. The summed E-state index contributed by atoms with van der Waals surface area (Å²) >= 11 is 9.29. The summed E-state index contributed by atoms with van der Waals surface area (Å²) in [5.74, 6) is -1.24. The van der Waals surface area contributed by atoms with E-state index < -0.39 is 16.1 Å². The van der Waals surface area contributed by atoms with Crippen LogP contribution in [-0.2, 0) is 21.5 Å². The molecular weight excluding hydrogens is 540 g/mol. The van der Waals surface area contributed by atoms with Gasteiger partial charge in [0.2, 0.25) is 5.52 Å². The fourth-order valence-electron chi connectivity index (χ4n) is 4.34. The molecule has 36 heavy (non-hydrogen) atoms. The van der Waals surface area contributed by atoms with E-state index in [1.54, 1.807) is 28.4 Å². The molecular formula is C25H22ClN2O5S3+. The molecule has 0 radical (unpaired) electrons. The second-order valence-electron chi connectivity index (χ2n) is 8.40. The van der Waals surface area contributed by atoms with E-state index in [4.69, 9.17) is 16.2 Å². The van der Waals surface area contributed by atoms with Crippen LogP contribution in [0.3, 0.4) is 0 Å². The van der Waals surface area contributed by atoms with Gasteiger partial charge in [-0.05, 0) is 42.1 Å². The maximum atomic E-state index is 11.7. The highest BCUT2D eigenvalue weighted by molar-refractivity contribution is 8.04. The smallest absolute Gasteiger partial charge is 0.323 e. The van der Waals surface area contributed by atoms with Gasteiger partial charge in [-0.1, -0.05) is 59.0 Å². The summed E-state index contributed by atoms with van der Waals surface area (Å²) in [4.78, 5) is 14.4. The van der Waals surface area contributed by atoms with Gasteiger partial charge >= 0.3 is 5.97 Å². The van der Waals surface area contributed by atoms with Crippen molar-refractivity contribution in [2.24, 2.45) is 0 Å². The predicted molar refractivity (Wildman–Crippen MR) is 145 cm³/mol. The molecule has 3 aromatic carbocycles. The number of hydrogen-bond acceptors (Lipinski definition) is 6. The molecule has 0 atom stereocenters. The van der Waals surface area contributed by atoms with Crippen molar-refractivity contribution in [2.45, 2.75) is 24.3 Å². The zero-order valence-electron chi connectivity index (χ0n) is 18.9. The van der Waals surface area contributed by atoms with E-state index in [0.717, 1.165) is 41.6 Å². The molecule has 2 heterocycles. The molecule has 4 aromatic rings. The number of aryl methyl sites for hydroxylation is 1. The fraction of sp³-hybridized carbons (Fsp3) is 0.200. The van der Waals surface area contributed by atoms with Crippen molar-refractivity contribution in [1.82, 2.24) is 0 Å². The quantitative estimate of drug-likeness (QED) is 0.163. The normalized spacial score (nSPS) is 14.7. The first-order valence-electron chi connectivity index (χ1n) is 11.2. The van der Waals surface area contributed by atoms with E-state index in [2.05, 4.69) is 28.8 Å². The number of carboxylic acid groups (broad SMARTS) is 1. The molecule has 1 aromatic heterocycles. The minimum absolute atomic E-state index is 0.200. The fourth-order valence-corrected chi connectivity index (χ4v) is 7.37. The Morgan fingerprint density at radius 2 is 1.92 bits per heavy atom. The number of fused-ring (bicyclic) bond motifs is 4. The number of nitrogens with zero attached hydrogens (tertiary/aromatic N) is 2. The third-order valence-electron chi connectivity index (χ3n) is 5.88. The summed E-state index contributed by atoms with van der Waals surface area (Å²) in [6.45, 7) is 0.347. The lowest BCUT2D eigenvalue weighted by Gasteiger charge is -2.17. The summed E-state index contributed by atoms with van der Waals surface area (Å²) < 4.78 is 34.8. The van der Waals surface area contributed by atoms with E-state index >= 15 is 0 Å². The first-order chi connectivity index (χ1) is 17.2. The van der Waals surface area contributed by atoms with Gasteiger partial charge in [-0.25, -0.2) is 0 Å². The lowest BCUT2D eigenvalue weighted by atomic mass is 10.1. The average molecular weight is 562 g/mol. The number of unbranched alkanes of at least 4 members (excludes halogenated alkanes) is 1. The highest BCUT2D eigenvalue weighted by Crippen LogP contribution is 2.47. The van der Waals surface area contributed by atoms with Crippen molar-refractivity contribution >= 4 is 83.5 Å². The van der Waals surface area contributed by atoms with Gasteiger partial charge in [-0.2, -0.15) is 13.0 Å². The first-order valence-corrected chi connectivity index (χ1v) is 14.8. The third kappa shape index (κ3) is 5.23. The first kappa shape index (κ1) is 25.0. The van der Waals surface area contributed by atoms with E-state index in [9.17, 15) is 18.3 Å². The lowest BCUT2D eigenvalue weighted by Crippen LogP contribution is -2.36.